The fourth-order valence-corrected chi connectivity index (χ4v) is 15.6. The van der Waals surface area contributed by atoms with E-state index in [1.54, 1.807) is 6.07 Å². The van der Waals surface area contributed by atoms with Gasteiger partial charge in [-0.05, 0) is 176 Å². The number of benzene rings is 18. The molecule has 7 heteroatoms. The first-order valence-corrected chi connectivity index (χ1v) is 38.8. The molecule has 4 nitrogen and oxygen atoms in total. The number of furan rings is 2. The summed E-state index contributed by atoms with van der Waals surface area (Å²) in [6.07, 6.45) is 0. The van der Waals surface area contributed by atoms with Gasteiger partial charge in [-0.1, -0.05) is 400 Å². The first-order chi connectivity index (χ1) is 56.2. The first-order valence-electron chi connectivity index (χ1n) is 38.4. The Kier molecular flexibility index (Phi) is 21.9. The normalized spacial score (nSPS) is 11.0. The van der Waals surface area contributed by atoms with E-state index in [1.165, 1.54) is 100 Å². The maximum absolute atomic E-state index is 9.76. The largest absolute Gasteiger partial charge is 0.492 e. The summed E-state index contributed by atoms with van der Waals surface area (Å²) in [4.78, 5) is 0. The molecule has 0 aliphatic rings. The standard InChI is InChI=1S/C54H36O.C30H21BO3.C24H17Cl.W/c1-3-12-37(13-4-1)43-16-7-18-45(34-43)39-26-30-41(31-27-39)49-22-10-24-51-52-25-11-23-50(54(52)55-53(49)51)42-32-28-40(29-33-42)46-19-9-21-48(36-46)47-20-8-17-44(35-47)38-14-5-2-6-15-38;32-31(33)28-14-6-13-27-26-12-5-11-25(29(26)34-30(27)28)22-17-15-21(16-18-22)24-10-4-9-23(19-24)20-7-2-1-3-8-20;25-24-14-12-19(13-15-24)21-9-5-11-23(17-21)22-10-4-8-20(16-22)18-6-2-1-3-7-18;/h1-36H;1-19,32-33H;1-17H;. The van der Waals surface area contributed by atoms with Crippen LogP contribution in [0, 0.1) is 0 Å². The Hall–Kier alpha value is -13.5. The predicted molar refractivity (Wildman–Crippen MR) is 479 cm³/mol. The monoisotopic (exact) mass is 1660 g/mol. The summed E-state index contributed by atoms with van der Waals surface area (Å²) >= 11 is 6.00. The Bertz CT molecular complexity index is 6780. The Labute approximate surface area is 689 Å². The third-order valence-electron chi connectivity index (χ3n) is 21.4. The molecule has 2 aromatic heterocycles. The number of hydrogen-bond donors (Lipinski definition) is 2. The second-order valence-electron chi connectivity index (χ2n) is 28.5. The molecule has 0 atom stereocenters. The van der Waals surface area contributed by atoms with Crippen molar-refractivity contribution in [2.75, 3.05) is 0 Å². The number of hydrogen-bond acceptors (Lipinski definition) is 4. The molecule has 0 amide bonds. The van der Waals surface area contributed by atoms with Gasteiger partial charge in [0.1, 0.15) is 22.3 Å². The molecular weight excluding hydrogens is 1590 g/mol. The second kappa shape index (κ2) is 33.8. The Balaban J connectivity index is 0.000000135. The van der Waals surface area contributed by atoms with Crippen LogP contribution in [0.4, 0.5) is 0 Å². The van der Waals surface area contributed by atoms with Crippen molar-refractivity contribution >= 4 is 68.1 Å². The zero-order valence-corrected chi connectivity index (χ0v) is 66.3. The number of fused-ring (bicyclic) bond motifs is 6. The molecule has 0 saturated heterocycles. The van der Waals surface area contributed by atoms with Crippen molar-refractivity contribution in [1.29, 1.82) is 0 Å². The van der Waals surface area contributed by atoms with Crippen LogP contribution in [0.3, 0.4) is 0 Å². The van der Waals surface area contributed by atoms with E-state index in [0.29, 0.717) is 11.0 Å². The van der Waals surface area contributed by atoms with Gasteiger partial charge in [-0.2, -0.15) is 0 Å². The van der Waals surface area contributed by atoms with E-state index < -0.39 is 7.12 Å². The van der Waals surface area contributed by atoms with Crippen molar-refractivity contribution in [1.82, 2.24) is 0 Å². The fourth-order valence-electron chi connectivity index (χ4n) is 15.5. The maximum Gasteiger partial charge on any atom is 0.492 e. The molecule has 20 rings (SSSR count). The molecule has 20 aromatic rings. The molecule has 0 spiro atoms. The molecule has 0 aliphatic carbocycles. The van der Waals surface area contributed by atoms with Crippen molar-refractivity contribution in [2.45, 2.75) is 0 Å². The summed E-state index contributed by atoms with van der Waals surface area (Å²) in [7, 11) is -1.58. The van der Waals surface area contributed by atoms with Gasteiger partial charge >= 0.3 is 7.12 Å². The molecule has 0 bridgehead atoms. The van der Waals surface area contributed by atoms with Crippen LogP contribution in [0.2, 0.25) is 5.02 Å². The summed E-state index contributed by atoms with van der Waals surface area (Å²) in [5.74, 6) is 0. The van der Waals surface area contributed by atoms with Crippen LogP contribution in [0.5, 0.6) is 0 Å². The Morgan fingerprint density at radius 1 is 0.174 bits per heavy atom. The van der Waals surface area contributed by atoms with E-state index in [-0.39, 0.29) is 21.1 Å². The average molecular weight is 1670 g/mol. The maximum atomic E-state index is 9.76. The fraction of sp³-hybridized carbons (Fsp3) is 0. The molecule has 0 aliphatic heterocycles. The van der Waals surface area contributed by atoms with E-state index in [2.05, 4.69) is 376 Å². The van der Waals surface area contributed by atoms with E-state index in [1.807, 2.05) is 54.6 Å². The summed E-state index contributed by atoms with van der Waals surface area (Å²) in [5, 5.41) is 24.4. The molecular formula is C108H74BClO4W. The minimum Gasteiger partial charge on any atom is -0.456 e. The van der Waals surface area contributed by atoms with Gasteiger partial charge in [0.2, 0.25) is 0 Å². The summed E-state index contributed by atoms with van der Waals surface area (Å²) in [6.45, 7) is 0. The van der Waals surface area contributed by atoms with Crippen LogP contribution < -0.4 is 5.46 Å². The topological polar surface area (TPSA) is 66.7 Å². The van der Waals surface area contributed by atoms with Gasteiger partial charge in [0.25, 0.3) is 0 Å². The van der Waals surface area contributed by atoms with Crippen molar-refractivity contribution in [2.24, 2.45) is 0 Å². The zero-order chi connectivity index (χ0) is 76.7. The van der Waals surface area contributed by atoms with Gasteiger partial charge < -0.3 is 18.9 Å². The van der Waals surface area contributed by atoms with Gasteiger partial charge in [0.05, 0.1) is 0 Å². The minimum absolute atomic E-state index is 0. The van der Waals surface area contributed by atoms with Crippen LogP contribution in [-0.2, 0) is 21.1 Å². The van der Waals surface area contributed by atoms with Crippen LogP contribution in [0.25, 0.3) is 189 Å². The van der Waals surface area contributed by atoms with E-state index in [0.717, 1.165) is 87.8 Å². The van der Waals surface area contributed by atoms with Gasteiger partial charge in [-0.3, -0.25) is 0 Å². The number of para-hydroxylation sites is 4. The van der Waals surface area contributed by atoms with Crippen molar-refractivity contribution in [3.8, 4) is 145 Å². The third-order valence-corrected chi connectivity index (χ3v) is 21.6. The zero-order valence-electron chi connectivity index (χ0n) is 62.6. The van der Waals surface area contributed by atoms with Crippen LogP contribution in [0.1, 0.15) is 0 Å². The van der Waals surface area contributed by atoms with E-state index in [9.17, 15) is 10.0 Å². The van der Waals surface area contributed by atoms with Gasteiger partial charge in [0, 0.05) is 69.8 Å². The summed E-state index contributed by atoms with van der Waals surface area (Å²) < 4.78 is 13.0. The first kappa shape index (κ1) is 74.3. The Morgan fingerprint density at radius 3 is 0.609 bits per heavy atom. The quantitative estimate of drug-likeness (QED) is 0.107. The van der Waals surface area contributed by atoms with Crippen molar-refractivity contribution < 1.29 is 39.9 Å². The van der Waals surface area contributed by atoms with Gasteiger partial charge in [-0.25, -0.2) is 0 Å². The van der Waals surface area contributed by atoms with E-state index >= 15 is 0 Å². The van der Waals surface area contributed by atoms with Crippen LogP contribution in [-0.4, -0.2) is 17.2 Å². The molecule has 0 saturated carbocycles. The third kappa shape index (κ3) is 16.1. The van der Waals surface area contributed by atoms with Crippen molar-refractivity contribution in [3.63, 3.8) is 0 Å². The van der Waals surface area contributed by atoms with Crippen LogP contribution in [0.15, 0.2) is 446 Å². The van der Waals surface area contributed by atoms with Crippen molar-refractivity contribution in [3.05, 3.63) is 442 Å². The second-order valence-corrected chi connectivity index (χ2v) is 29.0. The molecule has 0 unspecified atom stereocenters. The molecule has 2 N–H and O–H groups in total. The molecule has 18 aromatic carbocycles. The summed E-state index contributed by atoms with van der Waals surface area (Å²) in [6, 6.07) is 153. The molecule has 115 heavy (non-hydrogen) atoms. The molecule has 546 valence electrons. The smallest absolute Gasteiger partial charge is 0.456 e. The van der Waals surface area contributed by atoms with Gasteiger partial charge in [0.15, 0.2) is 0 Å². The Morgan fingerprint density at radius 2 is 0.357 bits per heavy atom. The molecule has 0 fully saturated rings. The van der Waals surface area contributed by atoms with Crippen LogP contribution >= 0.6 is 11.6 Å². The van der Waals surface area contributed by atoms with Gasteiger partial charge in [-0.15, -0.1) is 0 Å². The molecule has 2 heterocycles. The summed E-state index contributed by atoms with van der Waals surface area (Å²) in [5.41, 5.74) is 33.9. The SMILES string of the molecule is Clc1ccc(-c2cccc(-c3cccc(-c4ccccc4)c3)c2)cc1.OB(O)c1cccc2c1oc1c(-c3ccc(-c4cccc(-c5ccccc5)c4)cc3)cccc12.[W].c1ccc(-c2cccc(-c3ccc(-c4cccc5c4oc4c(-c6ccc(-c7cccc(-c8cccc(-c9ccccc9)c8)c7)cc6)cccc45)cc3)c2)cc1. The van der Waals surface area contributed by atoms with E-state index in [4.69, 9.17) is 20.4 Å². The minimum atomic E-state index is -1.58. The molecule has 0 radical (unpaired) electrons. The number of rotatable bonds is 14. The average Bonchev–Trinajstić information content (AvgIpc) is 1.61. The number of halogens is 1. The predicted octanol–water partition coefficient (Wildman–Crippen LogP) is 28.9.